The summed E-state index contributed by atoms with van der Waals surface area (Å²) in [7, 11) is 0. The van der Waals surface area contributed by atoms with Crippen molar-refractivity contribution in [2.75, 3.05) is 26.2 Å². The van der Waals surface area contributed by atoms with Crippen LogP contribution in [0.2, 0.25) is 0 Å². The van der Waals surface area contributed by atoms with Crippen molar-refractivity contribution in [1.29, 1.82) is 0 Å². The second kappa shape index (κ2) is 7.41. The van der Waals surface area contributed by atoms with Crippen molar-refractivity contribution >= 4 is 15.9 Å². The van der Waals surface area contributed by atoms with Gasteiger partial charge in [-0.15, -0.1) is 0 Å². The lowest BCUT2D eigenvalue weighted by molar-refractivity contribution is 0.160. The molecule has 3 heteroatoms. The lowest BCUT2D eigenvalue weighted by Gasteiger charge is -2.35. The zero-order valence-corrected chi connectivity index (χ0v) is 13.6. The van der Waals surface area contributed by atoms with Gasteiger partial charge in [0, 0.05) is 36.7 Å². The Morgan fingerprint density at radius 2 is 1.95 bits per heavy atom. The number of nitrogens with one attached hydrogen (secondary N) is 1. The van der Waals surface area contributed by atoms with Gasteiger partial charge in [-0.1, -0.05) is 41.9 Å². The van der Waals surface area contributed by atoms with Crippen LogP contribution >= 0.6 is 15.9 Å². The van der Waals surface area contributed by atoms with Crippen LogP contribution in [-0.2, 0) is 0 Å². The number of halogens is 1. The average Bonchev–Trinajstić information content (AvgIpc) is 2.40. The maximum atomic E-state index is 3.60. The summed E-state index contributed by atoms with van der Waals surface area (Å²) in [6, 6.07) is 9.40. The maximum Gasteiger partial charge on any atom is 0.0349 e. The Morgan fingerprint density at radius 3 is 2.58 bits per heavy atom. The van der Waals surface area contributed by atoms with E-state index in [2.05, 4.69) is 64.3 Å². The minimum atomic E-state index is 0.571. The van der Waals surface area contributed by atoms with E-state index in [4.69, 9.17) is 0 Å². The molecule has 1 N–H and O–H groups in total. The van der Waals surface area contributed by atoms with Crippen LogP contribution in [0.5, 0.6) is 0 Å². The summed E-state index contributed by atoms with van der Waals surface area (Å²) < 4.78 is 1.19. The number of hydrogen-bond donors (Lipinski definition) is 1. The molecule has 0 aliphatic carbocycles. The molecule has 1 aliphatic rings. The van der Waals surface area contributed by atoms with Crippen LogP contribution in [0, 0.1) is 5.92 Å². The normalized spacial score (nSPS) is 18.7. The SMILES string of the molecule is CC(C)CC[C@@H](c1cccc(Br)c1)N1CCNCC1. The van der Waals surface area contributed by atoms with E-state index in [1.54, 1.807) is 0 Å². The quantitative estimate of drug-likeness (QED) is 0.885. The van der Waals surface area contributed by atoms with Gasteiger partial charge in [0.25, 0.3) is 0 Å². The minimum Gasteiger partial charge on any atom is -0.314 e. The number of rotatable bonds is 5. The molecule has 0 saturated carbocycles. The second-order valence-corrected chi connectivity index (χ2v) is 6.74. The largest absolute Gasteiger partial charge is 0.314 e. The molecule has 0 amide bonds. The van der Waals surface area contributed by atoms with Crippen molar-refractivity contribution in [1.82, 2.24) is 10.2 Å². The molecule has 0 spiro atoms. The van der Waals surface area contributed by atoms with Gasteiger partial charge in [-0.3, -0.25) is 4.90 Å². The van der Waals surface area contributed by atoms with Crippen molar-refractivity contribution in [3.05, 3.63) is 34.3 Å². The van der Waals surface area contributed by atoms with Crippen molar-refractivity contribution in [3.63, 3.8) is 0 Å². The zero-order chi connectivity index (χ0) is 13.7. The number of benzene rings is 1. The molecule has 1 aromatic rings. The standard InChI is InChI=1S/C16H25BrN2/c1-13(2)6-7-16(19-10-8-18-9-11-19)14-4-3-5-15(17)12-14/h3-5,12-13,16,18H,6-11H2,1-2H3/t16-/m0/s1. The Bertz CT molecular complexity index is 386. The van der Waals surface area contributed by atoms with Crippen LogP contribution in [0.4, 0.5) is 0 Å². The first-order valence-electron chi connectivity index (χ1n) is 7.37. The van der Waals surface area contributed by atoms with Gasteiger partial charge < -0.3 is 5.32 Å². The Kier molecular flexibility index (Phi) is 5.86. The third-order valence-electron chi connectivity index (χ3n) is 3.84. The molecule has 0 aromatic heterocycles. The summed E-state index contributed by atoms with van der Waals surface area (Å²) in [5.74, 6) is 0.776. The summed E-state index contributed by atoms with van der Waals surface area (Å²) in [6.07, 6.45) is 2.55. The predicted octanol–water partition coefficient (Wildman–Crippen LogP) is 3.83. The molecule has 19 heavy (non-hydrogen) atoms. The van der Waals surface area contributed by atoms with Gasteiger partial charge >= 0.3 is 0 Å². The molecular weight excluding hydrogens is 300 g/mol. The Hall–Kier alpha value is -0.380. The minimum absolute atomic E-state index is 0.571. The van der Waals surface area contributed by atoms with Gasteiger partial charge in [0.05, 0.1) is 0 Å². The van der Waals surface area contributed by atoms with E-state index < -0.39 is 0 Å². The third-order valence-corrected chi connectivity index (χ3v) is 4.34. The van der Waals surface area contributed by atoms with E-state index in [0.717, 1.165) is 32.1 Å². The Balaban J connectivity index is 2.12. The van der Waals surface area contributed by atoms with Crippen LogP contribution < -0.4 is 5.32 Å². The van der Waals surface area contributed by atoms with E-state index in [-0.39, 0.29) is 0 Å². The summed E-state index contributed by atoms with van der Waals surface area (Å²) in [6.45, 7) is 9.19. The van der Waals surface area contributed by atoms with E-state index in [1.165, 1.54) is 22.9 Å². The first-order valence-corrected chi connectivity index (χ1v) is 8.16. The summed E-state index contributed by atoms with van der Waals surface area (Å²) in [5, 5.41) is 3.45. The van der Waals surface area contributed by atoms with Crippen molar-refractivity contribution in [3.8, 4) is 0 Å². The summed E-state index contributed by atoms with van der Waals surface area (Å²) in [5.41, 5.74) is 1.46. The van der Waals surface area contributed by atoms with Crippen molar-refractivity contribution < 1.29 is 0 Å². The van der Waals surface area contributed by atoms with E-state index in [9.17, 15) is 0 Å². The van der Waals surface area contributed by atoms with Gasteiger partial charge in [-0.25, -0.2) is 0 Å². The molecule has 0 radical (unpaired) electrons. The van der Waals surface area contributed by atoms with E-state index in [0.29, 0.717) is 6.04 Å². The first-order chi connectivity index (χ1) is 9.16. The van der Waals surface area contributed by atoms with Gasteiger partial charge in [0.1, 0.15) is 0 Å². The summed E-state index contributed by atoms with van der Waals surface area (Å²) >= 11 is 3.60. The molecule has 2 nitrogen and oxygen atoms in total. The van der Waals surface area contributed by atoms with Gasteiger partial charge in [-0.2, -0.15) is 0 Å². The highest BCUT2D eigenvalue weighted by atomic mass is 79.9. The Morgan fingerprint density at radius 1 is 1.21 bits per heavy atom. The predicted molar refractivity (Wildman–Crippen MR) is 85.4 cm³/mol. The molecule has 106 valence electrons. The highest BCUT2D eigenvalue weighted by Gasteiger charge is 2.22. The molecule has 0 bridgehead atoms. The van der Waals surface area contributed by atoms with Gasteiger partial charge in [0.2, 0.25) is 0 Å². The number of hydrogen-bond acceptors (Lipinski definition) is 2. The van der Waals surface area contributed by atoms with Crippen molar-refractivity contribution in [2.24, 2.45) is 5.92 Å². The number of nitrogens with zero attached hydrogens (tertiary/aromatic N) is 1. The summed E-state index contributed by atoms with van der Waals surface area (Å²) in [4.78, 5) is 2.64. The molecule has 1 heterocycles. The first kappa shape index (κ1) is 15.0. The Labute approximate surface area is 125 Å². The van der Waals surface area contributed by atoms with Gasteiger partial charge in [0.15, 0.2) is 0 Å². The molecular formula is C16H25BrN2. The average molecular weight is 325 g/mol. The molecule has 1 aliphatic heterocycles. The van der Waals surface area contributed by atoms with Crippen LogP contribution in [-0.4, -0.2) is 31.1 Å². The van der Waals surface area contributed by atoms with Crippen LogP contribution in [0.25, 0.3) is 0 Å². The van der Waals surface area contributed by atoms with Crippen LogP contribution in [0.1, 0.15) is 38.3 Å². The zero-order valence-electron chi connectivity index (χ0n) is 12.0. The molecule has 2 rings (SSSR count). The van der Waals surface area contributed by atoms with Crippen molar-refractivity contribution in [2.45, 2.75) is 32.7 Å². The molecule has 0 unspecified atom stereocenters. The molecule has 1 atom stereocenters. The highest BCUT2D eigenvalue weighted by molar-refractivity contribution is 9.10. The highest BCUT2D eigenvalue weighted by Crippen LogP contribution is 2.29. The second-order valence-electron chi connectivity index (χ2n) is 5.83. The maximum absolute atomic E-state index is 3.60. The fourth-order valence-electron chi connectivity index (χ4n) is 2.76. The monoisotopic (exact) mass is 324 g/mol. The third kappa shape index (κ3) is 4.59. The number of piperazine rings is 1. The molecule has 1 aromatic carbocycles. The lowest BCUT2D eigenvalue weighted by Crippen LogP contribution is -2.45. The lowest BCUT2D eigenvalue weighted by atomic mass is 9.96. The fourth-order valence-corrected chi connectivity index (χ4v) is 3.18. The van der Waals surface area contributed by atoms with E-state index >= 15 is 0 Å². The fraction of sp³-hybridized carbons (Fsp3) is 0.625. The smallest absolute Gasteiger partial charge is 0.0349 e. The van der Waals surface area contributed by atoms with E-state index in [1.807, 2.05) is 0 Å². The van der Waals surface area contributed by atoms with Crippen LogP contribution in [0.3, 0.4) is 0 Å². The topological polar surface area (TPSA) is 15.3 Å². The molecule has 1 saturated heterocycles. The van der Waals surface area contributed by atoms with Gasteiger partial charge in [-0.05, 0) is 36.5 Å². The molecule has 1 fully saturated rings. The van der Waals surface area contributed by atoms with Crippen LogP contribution in [0.15, 0.2) is 28.7 Å².